The topological polar surface area (TPSA) is 57.5 Å². The fourth-order valence-electron chi connectivity index (χ4n) is 2.48. The minimum atomic E-state index is -0.858. The van der Waals surface area contributed by atoms with Crippen LogP contribution < -0.4 is 0 Å². The second-order valence-corrected chi connectivity index (χ2v) is 5.94. The van der Waals surface area contributed by atoms with Gasteiger partial charge in [0.2, 0.25) is 0 Å². The van der Waals surface area contributed by atoms with Crippen LogP contribution in [-0.2, 0) is 4.79 Å². The third-order valence-electron chi connectivity index (χ3n) is 3.81. The highest BCUT2D eigenvalue weighted by Crippen LogP contribution is 2.13. The summed E-state index contributed by atoms with van der Waals surface area (Å²) in [5.74, 6) is -0.858. The van der Waals surface area contributed by atoms with Crippen LogP contribution in [0, 0.1) is 0 Å². The molecule has 124 valence electrons. The molecule has 3 nitrogen and oxygen atoms in total. The van der Waals surface area contributed by atoms with Crippen molar-refractivity contribution in [2.75, 3.05) is 0 Å². The number of aliphatic hydroxyl groups excluding tert-OH is 1. The molecule has 0 bridgehead atoms. The van der Waals surface area contributed by atoms with Crippen LogP contribution in [0.4, 0.5) is 0 Å². The van der Waals surface area contributed by atoms with E-state index >= 15 is 0 Å². The molecule has 3 heteroatoms. The van der Waals surface area contributed by atoms with E-state index in [1.165, 1.54) is 57.4 Å². The van der Waals surface area contributed by atoms with Crippen molar-refractivity contribution in [3.8, 4) is 0 Å². The minimum Gasteiger partial charge on any atom is -0.478 e. The number of allylic oxidation sites excluding steroid dienone is 1. The Morgan fingerprint density at radius 1 is 0.905 bits per heavy atom. The molecule has 0 aliphatic carbocycles. The predicted octanol–water partition coefficient (Wildman–Crippen LogP) is 5.08. The zero-order valence-electron chi connectivity index (χ0n) is 13.7. The van der Waals surface area contributed by atoms with Crippen LogP contribution >= 0.6 is 0 Å². The standard InChI is InChI=1S/C18H34O3/c1-2-3-4-11-14-17(19)15-12-9-7-5-6-8-10-13-16-18(20)21/h13,16-17,19H,2-12,14-15H2,1H3,(H,20,21)/b16-13-/t17-/m1/s1. The molecule has 1 atom stereocenters. The molecule has 0 aromatic heterocycles. The number of aliphatic hydroxyl groups is 1. The second-order valence-electron chi connectivity index (χ2n) is 5.94. The molecule has 0 heterocycles. The van der Waals surface area contributed by atoms with E-state index in [9.17, 15) is 9.90 Å². The van der Waals surface area contributed by atoms with E-state index in [1.807, 2.05) is 0 Å². The Kier molecular flexibility index (Phi) is 14.9. The van der Waals surface area contributed by atoms with E-state index in [2.05, 4.69) is 6.92 Å². The maximum absolute atomic E-state index is 10.3. The monoisotopic (exact) mass is 298 g/mol. The van der Waals surface area contributed by atoms with Gasteiger partial charge in [-0.15, -0.1) is 0 Å². The highest BCUT2D eigenvalue weighted by atomic mass is 16.4. The normalized spacial score (nSPS) is 12.9. The van der Waals surface area contributed by atoms with Gasteiger partial charge >= 0.3 is 5.97 Å². The summed E-state index contributed by atoms with van der Waals surface area (Å²) in [6.07, 6.45) is 17.6. The number of carbonyl (C=O) groups is 1. The third kappa shape index (κ3) is 17.1. The molecule has 0 amide bonds. The Labute approximate surface area is 130 Å². The highest BCUT2D eigenvalue weighted by molar-refractivity contribution is 5.79. The number of carboxylic acid groups (broad SMARTS) is 1. The Morgan fingerprint density at radius 2 is 1.43 bits per heavy atom. The van der Waals surface area contributed by atoms with Crippen molar-refractivity contribution in [2.24, 2.45) is 0 Å². The van der Waals surface area contributed by atoms with Gasteiger partial charge in [0.25, 0.3) is 0 Å². The molecule has 0 rings (SSSR count). The fraction of sp³-hybridized carbons (Fsp3) is 0.833. The molecule has 0 radical (unpaired) electrons. The van der Waals surface area contributed by atoms with Crippen LogP contribution in [0.2, 0.25) is 0 Å². The SMILES string of the molecule is CCCCCC[C@@H](O)CCCCCCCC/C=C\C(=O)O. The van der Waals surface area contributed by atoms with Crippen molar-refractivity contribution >= 4 is 5.97 Å². The number of unbranched alkanes of at least 4 members (excludes halogenated alkanes) is 9. The zero-order valence-corrected chi connectivity index (χ0v) is 13.7. The maximum Gasteiger partial charge on any atom is 0.327 e. The van der Waals surface area contributed by atoms with Gasteiger partial charge in [-0.3, -0.25) is 0 Å². The predicted molar refractivity (Wildman–Crippen MR) is 88.5 cm³/mol. The maximum atomic E-state index is 10.3. The van der Waals surface area contributed by atoms with Crippen molar-refractivity contribution in [1.29, 1.82) is 0 Å². The third-order valence-corrected chi connectivity index (χ3v) is 3.81. The van der Waals surface area contributed by atoms with Gasteiger partial charge in [0.1, 0.15) is 0 Å². The number of hydrogen-bond donors (Lipinski definition) is 2. The van der Waals surface area contributed by atoms with Crippen molar-refractivity contribution in [2.45, 2.75) is 96.5 Å². The van der Waals surface area contributed by atoms with Gasteiger partial charge in [-0.2, -0.15) is 0 Å². The van der Waals surface area contributed by atoms with E-state index < -0.39 is 5.97 Å². The van der Waals surface area contributed by atoms with E-state index in [-0.39, 0.29) is 6.10 Å². The molecule has 2 N–H and O–H groups in total. The van der Waals surface area contributed by atoms with E-state index in [4.69, 9.17) is 5.11 Å². The lowest BCUT2D eigenvalue weighted by Crippen LogP contribution is -2.05. The van der Waals surface area contributed by atoms with Crippen LogP contribution in [0.3, 0.4) is 0 Å². The smallest absolute Gasteiger partial charge is 0.327 e. The molecule has 0 unspecified atom stereocenters. The molecular weight excluding hydrogens is 264 g/mol. The van der Waals surface area contributed by atoms with Crippen LogP contribution in [0.5, 0.6) is 0 Å². The van der Waals surface area contributed by atoms with Crippen molar-refractivity contribution in [1.82, 2.24) is 0 Å². The lowest BCUT2D eigenvalue weighted by molar-refractivity contribution is -0.131. The molecule has 0 saturated heterocycles. The van der Waals surface area contributed by atoms with Crippen LogP contribution in [0.1, 0.15) is 90.4 Å². The van der Waals surface area contributed by atoms with Gasteiger partial charge in [0.15, 0.2) is 0 Å². The Bertz CT molecular complexity index is 261. The first-order valence-corrected chi connectivity index (χ1v) is 8.74. The summed E-state index contributed by atoms with van der Waals surface area (Å²) in [4.78, 5) is 10.3. The number of carboxylic acids is 1. The van der Waals surface area contributed by atoms with Gasteiger partial charge in [-0.1, -0.05) is 70.8 Å². The summed E-state index contributed by atoms with van der Waals surface area (Å²) >= 11 is 0. The Morgan fingerprint density at radius 3 is 2.00 bits per heavy atom. The van der Waals surface area contributed by atoms with Crippen molar-refractivity contribution < 1.29 is 15.0 Å². The van der Waals surface area contributed by atoms with Gasteiger partial charge in [-0.25, -0.2) is 4.79 Å². The average Bonchev–Trinajstić information content (AvgIpc) is 2.45. The largest absolute Gasteiger partial charge is 0.478 e. The highest BCUT2D eigenvalue weighted by Gasteiger charge is 2.03. The molecule has 0 saturated carbocycles. The summed E-state index contributed by atoms with van der Waals surface area (Å²) in [6.45, 7) is 2.21. The van der Waals surface area contributed by atoms with Gasteiger partial charge in [0, 0.05) is 6.08 Å². The Hall–Kier alpha value is -0.830. The van der Waals surface area contributed by atoms with Crippen LogP contribution in [0.15, 0.2) is 12.2 Å². The van der Waals surface area contributed by atoms with Crippen LogP contribution in [-0.4, -0.2) is 22.3 Å². The van der Waals surface area contributed by atoms with Gasteiger partial charge < -0.3 is 10.2 Å². The van der Waals surface area contributed by atoms with E-state index in [0.717, 1.165) is 32.1 Å². The molecule has 0 aromatic carbocycles. The first kappa shape index (κ1) is 20.2. The lowest BCUT2D eigenvalue weighted by atomic mass is 10.0. The molecule has 0 spiro atoms. The Balaban J connectivity index is 3.19. The summed E-state index contributed by atoms with van der Waals surface area (Å²) in [6, 6.07) is 0. The van der Waals surface area contributed by atoms with Gasteiger partial charge in [0.05, 0.1) is 6.10 Å². The number of rotatable bonds is 15. The van der Waals surface area contributed by atoms with Crippen LogP contribution in [0.25, 0.3) is 0 Å². The summed E-state index contributed by atoms with van der Waals surface area (Å²) in [5.41, 5.74) is 0. The first-order valence-electron chi connectivity index (χ1n) is 8.74. The molecule has 0 aliphatic heterocycles. The van der Waals surface area contributed by atoms with E-state index in [1.54, 1.807) is 6.08 Å². The van der Waals surface area contributed by atoms with Crippen molar-refractivity contribution in [3.63, 3.8) is 0 Å². The minimum absolute atomic E-state index is 0.0944. The van der Waals surface area contributed by atoms with Gasteiger partial charge in [-0.05, 0) is 25.7 Å². The average molecular weight is 298 g/mol. The number of aliphatic carboxylic acids is 1. The van der Waals surface area contributed by atoms with Crippen molar-refractivity contribution in [3.05, 3.63) is 12.2 Å². The molecule has 21 heavy (non-hydrogen) atoms. The zero-order chi connectivity index (χ0) is 15.8. The summed E-state index contributed by atoms with van der Waals surface area (Å²) < 4.78 is 0. The fourth-order valence-corrected chi connectivity index (χ4v) is 2.48. The molecular formula is C18H34O3. The lowest BCUT2D eigenvalue weighted by Gasteiger charge is -2.09. The first-order chi connectivity index (χ1) is 10.2. The summed E-state index contributed by atoms with van der Waals surface area (Å²) in [5, 5.41) is 18.3. The molecule has 0 aromatic rings. The number of hydrogen-bond acceptors (Lipinski definition) is 2. The summed E-state index contributed by atoms with van der Waals surface area (Å²) in [7, 11) is 0. The molecule has 0 aliphatic rings. The molecule has 0 fully saturated rings. The quantitative estimate of drug-likeness (QED) is 0.327. The van der Waals surface area contributed by atoms with E-state index in [0.29, 0.717) is 0 Å². The second kappa shape index (κ2) is 15.6.